The lowest BCUT2D eigenvalue weighted by Gasteiger charge is -2.30. The minimum absolute atomic E-state index is 0.0858. The average Bonchev–Trinajstić information content (AvgIpc) is 2.73. The van der Waals surface area contributed by atoms with Crippen LogP contribution < -0.4 is 9.62 Å². The number of carbonyl (C=O) groups is 1. The Hall–Kier alpha value is -2.64. The van der Waals surface area contributed by atoms with E-state index in [0.29, 0.717) is 22.3 Å². The zero-order valence-electron chi connectivity index (χ0n) is 15.5. The highest BCUT2D eigenvalue weighted by Gasteiger charge is 2.25. The van der Waals surface area contributed by atoms with Crippen molar-refractivity contribution in [1.82, 2.24) is 0 Å². The standard InChI is InChI=1S/C22H19BrN2O3S/c23-19-10-4-5-11-21(19)29(27,28)24-18-13-12-16-9-6-14-25(20(16)15-18)22(26)17-7-2-1-3-8-17/h1-5,7-8,10-13,15,24H,6,9,14H2. The molecule has 1 amide bonds. The number of halogens is 1. The SMILES string of the molecule is O=C(c1ccccc1)N1CCCc2ccc(NS(=O)(=O)c3ccccc3Br)cc21. The van der Waals surface area contributed by atoms with Gasteiger partial charge in [0.05, 0.1) is 5.69 Å². The van der Waals surface area contributed by atoms with Crippen molar-refractivity contribution in [2.24, 2.45) is 0 Å². The van der Waals surface area contributed by atoms with Crippen LogP contribution in [0.1, 0.15) is 22.3 Å². The molecule has 0 saturated carbocycles. The second kappa shape index (κ2) is 8.00. The molecule has 148 valence electrons. The summed E-state index contributed by atoms with van der Waals surface area (Å²) in [7, 11) is -3.76. The number of amides is 1. The first-order chi connectivity index (χ1) is 14.0. The molecule has 0 radical (unpaired) electrons. The van der Waals surface area contributed by atoms with Crippen LogP contribution >= 0.6 is 15.9 Å². The van der Waals surface area contributed by atoms with Gasteiger partial charge < -0.3 is 4.90 Å². The molecule has 1 N–H and O–H groups in total. The number of hydrogen-bond acceptors (Lipinski definition) is 3. The van der Waals surface area contributed by atoms with Crippen LogP contribution in [0.25, 0.3) is 0 Å². The van der Waals surface area contributed by atoms with Gasteiger partial charge in [0.15, 0.2) is 0 Å². The number of hydrogen-bond donors (Lipinski definition) is 1. The normalized spacial score (nSPS) is 13.6. The third-order valence-electron chi connectivity index (χ3n) is 4.85. The molecule has 4 rings (SSSR count). The maximum atomic E-state index is 13.0. The van der Waals surface area contributed by atoms with Crippen LogP contribution in [0.5, 0.6) is 0 Å². The van der Waals surface area contributed by atoms with Crippen LogP contribution in [-0.2, 0) is 16.4 Å². The largest absolute Gasteiger partial charge is 0.308 e. The summed E-state index contributed by atoms with van der Waals surface area (Å²) in [6.07, 6.45) is 1.72. The van der Waals surface area contributed by atoms with E-state index in [1.54, 1.807) is 47.4 Å². The Labute approximate surface area is 178 Å². The Morgan fingerprint density at radius 2 is 1.69 bits per heavy atom. The first kappa shape index (κ1) is 19.7. The molecule has 7 heteroatoms. The van der Waals surface area contributed by atoms with Crippen molar-refractivity contribution in [1.29, 1.82) is 0 Å². The van der Waals surface area contributed by atoms with Crippen LogP contribution in [-0.4, -0.2) is 20.9 Å². The van der Waals surface area contributed by atoms with Crippen molar-refractivity contribution in [3.8, 4) is 0 Å². The molecule has 5 nitrogen and oxygen atoms in total. The summed E-state index contributed by atoms with van der Waals surface area (Å²) >= 11 is 3.29. The second-order valence-corrected chi connectivity index (χ2v) is 9.31. The molecule has 0 aliphatic carbocycles. The summed E-state index contributed by atoms with van der Waals surface area (Å²) in [5, 5.41) is 0. The maximum absolute atomic E-state index is 13.0. The highest BCUT2D eigenvalue weighted by molar-refractivity contribution is 9.10. The molecule has 3 aromatic rings. The lowest BCUT2D eigenvalue weighted by molar-refractivity contribution is 0.0985. The van der Waals surface area contributed by atoms with Gasteiger partial charge in [0, 0.05) is 22.3 Å². The minimum Gasteiger partial charge on any atom is -0.308 e. The predicted octanol–water partition coefficient (Wildman–Crippen LogP) is 4.84. The lowest BCUT2D eigenvalue weighted by atomic mass is 10.00. The Morgan fingerprint density at radius 1 is 0.966 bits per heavy atom. The van der Waals surface area contributed by atoms with E-state index in [1.165, 1.54) is 6.07 Å². The predicted molar refractivity (Wildman–Crippen MR) is 118 cm³/mol. The second-order valence-electron chi connectivity index (χ2n) is 6.81. The summed E-state index contributed by atoms with van der Waals surface area (Å²) in [6.45, 7) is 0.598. The Balaban J connectivity index is 1.67. The van der Waals surface area contributed by atoms with Crippen LogP contribution in [0.3, 0.4) is 0 Å². The number of nitrogens with zero attached hydrogens (tertiary/aromatic N) is 1. The van der Waals surface area contributed by atoms with Crippen molar-refractivity contribution in [2.75, 3.05) is 16.2 Å². The number of sulfonamides is 1. The number of aryl methyl sites for hydroxylation is 1. The topological polar surface area (TPSA) is 66.5 Å². The molecular weight excluding hydrogens is 452 g/mol. The smallest absolute Gasteiger partial charge is 0.263 e. The van der Waals surface area contributed by atoms with E-state index >= 15 is 0 Å². The quantitative estimate of drug-likeness (QED) is 0.592. The van der Waals surface area contributed by atoms with Gasteiger partial charge in [0.1, 0.15) is 4.90 Å². The van der Waals surface area contributed by atoms with E-state index in [0.717, 1.165) is 24.1 Å². The van der Waals surface area contributed by atoms with Gasteiger partial charge in [-0.2, -0.15) is 0 Å². The zero-order valence-corrected chi connectivity index (χ0v) is 17.9. The van der Waals surface area contributed by atoms with E-state index in [2.05, 4.69) is 20.7 Å². The number of carbonyl (C=O) groups excluding carboxylic acids is 1. The molecule has 0 aromatic heterocycles. The summed E-state index contributed by atoms with van der Waals surface area (Å²) in [6, 6.07) is 21.1. The summed E-state index contributed by atoms with van der Waals surface area (Å²) in [5.41, 5.74) is 2.81. The lowest BCUT2D eigenvalue weighted by Crippen LogP contribution is -2.35. The van der Waals surface area contributed by atoms with E-state index in [1.807, 2.05) is 24.3 Å². The van der Waals surface area contributed by atoms with Crippen molar-refractivity contribution >= 4 is 43.2 Å². The zero-order chi connectivity index (χ0) is 20.4. The van der Waals surface area contributed by atoms with Gasteiger partial charge in [-0.05, 0) is 70.7 Å². The fraction of sp³-hybridized carbons (Fsp3) is 0.136. The van der Waals surface area contributed by atoms with Gasteiger partial charge >= 0.3 is 0 Å². The number of benzene rings is 3. The molecule has 1 aliphatic heterocycles. The van der Waals surface area contributed by atoms with Gasteiger partial charge in [-0.1, -0.05) is 36.4 Å². The van der Waals surface area contributed by atoms with E-state index in [9.17, 15) is 13.2 Å². The van der Waals surface area contributed by atoms with E-state index in [4.69, 9.17) is 0 Å². The highest BCUT2D eigenvalue weighted by Crippen LogP contribution is 2.32. The molecule has 0 saturated heterocycles. The third kappa shape index (κ3) is 4.06. The molecule has 0 bridgehead atoms. The van der Waals surface area contributed by atoms with Gasteiger partial charge in [0.25, 0.3) is 15.9 Å². The fourth-order valence-electron chi connectivity index (χ4n) is 3.46. The molecule has 0 atom stereocenters. The number of fused-ring (bicyclic) bond motifs is 1. The van der Waals surface area contributed by atoms with E-state index in [-0.39, 0.29) is 10.8 Å². The molecule has 1 aliphatic rings. The van der Waals surface area contributed by atoms with Gasteiger partial charge in [0.2, 0.25) is 0 Å². The highest BCUT2D eigenvalue weighted by atomic mass is 79.9. The maximum Gasteiger partial charge on any atom is 0.263 e. The minimum atomic E-state index is -3.76. The van der Waals surface area contributed by atoms with Crippen LogP contribution in [0.15, 0.2) is 82.2 Å². The molecule has 0 unspecified atom stereocenters. The van der Waals surface area contributed by atoms with Crippen LogP contribution in [0.4, 0.5) is 11.4 Å². The molecule has 1 heterocycles. The summed E-state index contributed by atoms with van der Waals surface area (Å²) < 4.78 is 28.7. The number of rotatable bonds is 4. The van der Waals surface area contributed by atoms with Gasteiger partial charge in [-0.3, -0.25) is 9.52 Å². The molecule has 3 aromatic carbocycles. The van der Waals surface area contributed by atoms with Crippen LogP contribution in [0.2, 0.25) is 0 Å². The van der Waals surface area contributed by atoms with Crippen molar-refractivity contribution in [2.45, 2.75) is 17.7 Å². The molecule has 29 heavy (non-hydrogen) atoms. The Kier molecular flexibility index (Phi) is 5.43. The fourth-order valence-corrected chi connectivity index (χ4v) is 5.51. The first-order valence-electron chi connectivity index (χ1n) is 9.23. The molecular formula is C22H19BrN2O3S. The van der Waals surface area contributed by atoms with Crippen molar-refractivity contribution in [3.63, 3.8) is 0 Å². The van der Waals surface area contributed by atoms with Crippen molar-refractivity contribution < 1.29 is 13.2 Å². The monoisotopic (exact) mass is 470 g/mol. The molecule has 0 fully saturated rings. The van der Waals surface area contributed by atoms with Crippen molar-refractivity contribution in [3.05, 3.63) is 88.4 Å². The van der Waals surface area contributed by atoms with Crippen LogP contribution in [0, 0.1) is 0 Å². The Morgan fingerprint density at radius 3 is 2.45 bits per heavy atom. The van der Waals surface area contributed by atoms with E-state index < -0.39 is 10.0 Å². The first-order valence-corrected chi connectivity index (χ1v) is 11.5. The average molecular weight is 471 g/mol. The molecule has 0 spiro atoms. The number of anilines is 2. The third-order valence-corrected chi connectivity index (χ3v) is 7.24. The van der Waals surface area contributed by atoms with Gasteiger partial charge in [-0.15, -0.1) is 0 Å². The Bertz CT molecular complexity index is 1160. The van der Waals surface area contributed by atoms with Gasteiger partial charge in [-0.25, -0.2) is 8.42 Å². The number of nitrogens with one attached hydrogen (secondary N) is 1. The summed E-state index contributed by atoms with van der Waals surface area (Å²) in [4.78, 5) is 14.9. The summed E-state index contributed by atoms with van der Waals surface area (Å²) in [5.74, 6) is -0.0858.